The third-order valence-corrected chi connectivity index (χ3v) is 6.81. The van der Waals surface area contributed by atoms with Gasteiger partial charge < -0.3 is 27.0 Å². The van der Waals surface area contributed by atoms with Crippen molar-refractivity contribution in [3.63, 3.8) is 0 Å². The van der Waals surface area contributed by atoms with Gasteiger partial charge >= 0.3 is 6.03 Å². The molecule has 0 spiro atoms. The topological polar surface area (TPSA) is 197 Å². The molecule has 0 bridgehead atoms. The van der Waals surface area contributed by atoms with Crippen LogP contribution in [0.3, 0.4) is 0 Å². The number of guanidine groups is 1. The number of aliphatic imine (C=N–C) groups is 1. The molecule has 0 radical (unpaired) electrons. The van der Waals surface area contributed by atoms with E-state index < -0.39 is 34.7 Å². The van der Waals surface area contributed by atoms with E-state index in [1.807, 2.05) is 13.8 Å². The van der Waals surface area contributed by atoms with Crippen molar-refractivity contribution >= 4 is 35.6 Å². The van der Waals surface area contributed by atoms with E-state index in [2.05, 4.69) is 36.3 Å². The first-order valence-corrected chi connectivity index (χ1v) is 10.6. The van der Waals surface area contributed by atoms with Gasteiger partial charge in [-0.05, 0) is 19.4 Å². The molecule has 0 aliphatic carbocycles. The molecule has 4 atom stereocenters. The molecular formula is C18H22N10O3S. The van der Waals surface area contributed by atoms with Crippen molar-refractivity contribution in [2.45, 2.75) is 42.1 Å². The van der Waals surface area contributed by atoms with Gasteiger partial charge in [-0.3, -0.25) is 9.59 Å². The second-order valence-electron chi connectivity index (χ2n) is 7.85. The number of hydrogen-bond acceptors (Lipinski definition) is 7. The number of benzene rings is 1. The van der Waals surface area contributed by atoms with E-state index >= 15 is 0 Å². The number of hydrogen-bond donors (Lipinski definition) is 5. The molecule has 4 amide bonds. The molecule has 168 valence electrons. The summed E-state index contributed by atoms with van der Waals surface area (Å²) in [5.41, 5.74) is 11.0. The number of carbonyl (C=O) groups is 3. The molecule has 4 rings (SSSR count). The maximum absolute atomic E-state index is 13.1. The molecule has 14 heteroatoms. The Bertz CT molecular complexity index is 1050. The predicted octanol–water partition coefficient (Wildman–Crippen LogP) is -0.856. The smallest absolute Gasteiger partial charge is 0.345 e. The van der Waals surface area contributed by atoms with Crippen molar-refractivity contribution < 1.29 is 14.4 Å². The van der Waals surface area contributed by atoms with E-state index in [4.69, 9.17) is 11.5 Å². The van der Waals surface area contributed by atoms with Crippen molar-refractivity contribution in [2.75, 3.05) is 0 Å². The first kappa shape index (κ1) is 21.5. The Hall–Kier alpha value is -3.68. The third kappa shape index (κ3) is 3.84. The van der Waals surface area contributed by atoms with Gasteiger partial charge in [0.15, 0.2) is 11.8 Å². The van der Waals surface area contributed by atoms with Gasteiger partial charge in [-0.1, -0.05) is 35.5 Å². The van der Waals surface area contributed by atoms with Gasteiger partial charge in [0.25, 0.3) is 0 Å². The molecule has 13 nitrogen and oxygen atoms in total. The number of rotatable bonds is 5. The molecule has 2 aliphatic rings. The van der Waals surface area contributed by atoms with E-state index in [0.29, 0.717) is 11.4 Å². The highest BCUT2D eigenvalue weighted by Gasteiger charge is 2.63. The van der Waals surface area contributed by atoms with Crippen LogP contribution in [0.5, 0.6) is 0 Å². The van der Waals surface area contributed by atoms with Gasteiger partial charge in [0.05, 0.1) is 0 Å². The van der Waals surface area contributed by atoms with Crippen LogP contribution in [0.15, 0.2) is 35.3 Å². The first-order valence-electron chi connectivity index (χ1n) is 9.68. The van der Waals surface area contributed by atoms with E-state index in [0.717, 1.165) is 0 Å². The average Bonchev–Trinajstić information content (AvgIpc) is 3.34. The SMILES string of the molecule is CC1(C)S[C@@H]2C(NC(=O)[C@H](NC(=O)N=C(N)N)c3ccccc3)C(=O)N2C1c1nn[nH]n1. The number of aromatic amines is 1. The fraction of sp³-hybridized carbons (Fsp3) is 0.389. The standard InChI is InChI=1S/C18H22N10O3S/c1-18(2)11(12-24-26-27-25-12)28-14(30)10(15(28)32-18)21-13(29)9(8-6-4-3-5-7-8)22-17(31)23-16(19)20/h3-7,9-11,15H,1-2H3,(H,21,29)(H,24,25,26,27)(H5,19,20,22,23,31)/t9-,10?,11?,15-/m1/s1. The molecule has 2 saturated heterocycles. The molecule has 1 aromatic heterocycles. The van der Waals surface area contributed by atoms with Crippen LogP contribution in [-0.2, 0) is 9.59 Å². The second-order valence-corrected chi connectivity index (χ2v) is 9.62. The quantitative estimate of drug-likeness (QED) is 0.215. The zero-order valence-corrected chi connectivity index (χ0v) is 18.0. The number of fused-ring (bicyclic) bond motifs is 1. The van der Waals surface area contributed by atoms with E-state index in [1.54, 1.807) is 35.2 Å². The van der Waals surface area contributed by atoms with Crippen LogP contribution >= 0.6 is 11.8 Å². The van der Waals surface area contributed by atoms with Crippen molar-refractivity contribution in [3.05, 3.63) is 41.7 Å². The number of aromatic nitrogens is 4. The van der Waals surface area contributed by atoms with Crippen LogP contribution in [0.1, 0.15) is 37.3 Å². The number of nitrogens with zero attached hydrogens (tertiary/aromatic N) is 5. The highest BCUT2D eigenvalue weighted by atomic mass is 32.2. The minimum atomic E-state index is -1.10. The molecule has 3 heterocycles. The fourth-order valence-electron chi connectivity index (χ4n) is 3.91. The lowest BCUT2D eigenvalue weighted by atomic mass is 9.95. The summed E-state index contributed by atoms with van der Waals surface area (Å²) in [6, 6.07) is 5.46. The minimum absolute atomic E-state index is 0.265. The minimum Gasteiger partial charge on any atom is -0.370 e. The molecule has 1 aromatic carbocycles. The molecule has 0 saturated carbocycles. The van der Waals surface area contributed by atoms with Gasteiger partial charge in [0.1, 0.15) is 23.5 Å². The number of nitrogens with two attached hydrogens (primary N) is 2. The summed E-state index contributed by atoms with van der Waals surface area (Å²) in [5, 5.41) is 19.0. The number of tetrazole rings is 1. The van der Waals surface area contributed by atoms with Gasteiger partial charge in [-0.15, -0.1) is 22.0 Å². The number of urea groups is 1. The van der Waals surface area contributed by atoms with Crippen LogP contribution in [0.4, 0.5) is 4.79 Å². The number of carbonyl (C=O) groups excluding carboxylic acids is 3. The summed E-state index contributed by atoms with van der Waals surface area (Å²) in [6.07, 6.45) is 0. The summed E-state index contributed by atoms with van der Waals surface area (Å²) in [7, 11) is 0. The Morgan fingerprint density at radius 2 is 2.00 bits per heavy atom. The normalized spacial score (nSPS) is 24.1. The lowest BCUT2D eigenvalue weighted by molar-refractivity contribution is -0.152. The van der Waals surface area contributed by atoms with Crippen LogP contribution in [0.25, 0.3) is 0 Å². The van der Waals surface area contributed by atoms with Crippen molar-refractivity contribution in [3.8, 4) is 0 Å². The van der Waals surface area contributed by atoms with Crippen LogP contribution in [0, 0.1) is 0 Å². The van der Waals surface area contributed by atoms with Gasteiger partial charge in [-0.2, -0.15) is 10.2 Å². The summed E-state index contributed by atoms with van der Waals surface area (Å²) in [4.78, 5) is 43.2. The zero-order valence-electron chi connectivity index (χ0n) is 17.2. The number of nitrogens with one attached hydrogen (secondary N) is 3. The molecule has 2 unspecified atom stereocenters. The Balaban J connectivity index is 1.53. The fourth-order valence-corrected chi connectivity index (χ4v) is 5.54. The molecular weight excluding hydrogens is 436 g/mol. The number of thioether (sulfide) groups is 1. The molecule has 2 aliphatic heterocycles. The molecule has 2 fully saturated rings. The van der Waals surface area contributed by atoms with Crippen LogP contribution < -0.4 is 22.1 Å². The average molecular weight is 459 g/mol. The van der Waals surface area contributed by atoms with E-state index in [-0.39, 0.29) is 17.3 Å². The summed E-state index contributed by atoms with van der Waals surface area (Å²) >= 11 is 1.53. The predicted molar refractivity (Wildman–Crippen MR) is 115 cm³/mol. The van der Waals surface area contributed by atoms with Crippen LogP contribution in [-0.4, -0.2) is 65.5 Å². The highest BCUT2D eigenvalue weighted by Crippen LogP contribution is 2.56. The third-order valence-electron chi connectivity index (χ3n) is 5.24. The van der Waals surface area contributed by atoms with Crippen molar-refractivity contribution in [1.82, 2.24) is 36.2 Å². The number of β-lactam (4-membered cyclic amide) rings is 1. The number of H-pyrrole nitrogens is 1. The van der Waals surface area contributed by atoms with E-state index in [1.165, 1.54) is 11.8 Å². The van der Waals surface area contributed by atoms with Crippen molar-refractivity contribution in [2.24, 2.45) is 16.5 Å². The first-order chi connectivity index (χ1) is 15.2. The number of amides is 4. The lowest BCUT2D eigenvalue weighted by Gasteiger charge is -2.44. The highest BCUT2D eigenvalue weighted by molar-refractivity contribution is 8.01. The zero-order chi connectivity index (χ0) is 23.0. The maximum atomic E-state index is 13.1. The lowest BCUT2D eigenvalue weighted by Crippen LogP contribution is -2.68. The van der Waals surface area contributed by atoms with Gasteiger partial charge in [-0.25, -0.2) is 4.79 Å². The van der Waals surface area contributed by atoms with Crippen LogP contribution in [0.2, 0.25) is 0 Å². The van der Waals surface area contributed by atoms with Gasteiger partial charge in [0, 0.05) is 4.75 Å². The largest absolute Gasteiger partial charge is 0.370 e. The summed E-state index contributed by atoms with van der Waals surface area (Å²) < 4.78 is -0.399. The Morgan fingerprint density at radius 3 is 2.62 bits per heavy atom. The Kier molecular flexibility index (Phi) is 5.46. The van der Waals surface area contributed by atoms with Crippen molar-refractivity contribution in [1.29, 1.82) is 0 Å². The monoisotopic (exact) mass is 458 g/mol. The molecule has 32 heavy (non-hydrogen) atoms. The molecule has 2 aromatic rings. The van der Waals surface area contributed by atoms with Gasteiger partial charge in [0.2, 0.25) is 11.8 Å². The molecule has 7 N–H and O–H groups in total. The summed E-state index contributed by atoms with van der Waals surface area (Å²) in [5.74, 6) is -0.847. The van der Waals surface area contributed by atoms with E-state index in [9.17, 15) is 14.4 Å². The second kappa shape index (κ2) is 8.11. The summed E-state index contributed by atoms with van der Waals surface area (Å²) in [6.45, 7) is 3.96. The Morgan fingerprint density at radius 1 is 1.28 bits per heavy atom. The maximum Gasteiger partial charge on any atom is 0.345 e. The Labute approximate surface area is 186 Å².